The summed E-state index contributed by atoms with van der Waals surface area (Å²) in [6, 6.07) is 39.9. The van der Waals surface area contributed by atoms with Gasteiger partial charge < -0.3 is 0 Å². The summed E-state index contributed by atoms with van der Waals surface area (Å²) in [7, 11) is -5.15. The minimum absolute atomic E-state index is 0.316. The first kappa shape index (κ1) is 54.4. The van der Waals surface area contributed by atoms with Gasteiger partial charge in [0.05, 0.1) is 0 Å². The number of allylic oxidation sites excluding steroid dienone is 2. The van der Waals surface area contributed by atoms with E-state index in [0.717, 1.165) is 0 Å². The van der Waals surface area contributed by atoms with E-state index in [-0.39, 0.29) is 0 Å². The van der Waals surface area contributed by atoms with E-state index in [9.17, 15) is 0 Å². The number of hydrogen-bond donors (Lipinski definition) is 2. The molecule has 0 fully saturated rings. The van der Waals surface area contributed by atoms with Crippen LogP contribution in [0.1, 0.15) is 247 Å². The Morgan fingerprint density at radius 1 is 0.435 bits per heavy atom. The molecule has 1 heterocycles. The summed E-state index contributed by atoms with van der Waals surface area (Å²) < 4.78 is 2.81. The second-order valence-corrected chi connectivity index (χ2v) is 34.4. The van der Waals surface area contributed by atoms with Gasteiger partial charge in [0.1, 0.15) is 0 Å². The number of hydrogen-bond acceptors (Lipinski definition) is 2. The van der Waals surface area contributed by atoms with Crippen molar-refractivity contribution in [1.82, 2.24) is 10.6 Å². The summed E-state index contributed by atoms with van der Waals surface area (Å²) in [4.78, 5) is 0. The second-order valence-electron chi connectivity index (χ2n) is 23.1. The van der Waals surface area contributed by atoms with Crippen molar-refractivity contribution in [2.45, 2.75) is 192 Å². The molecule has 6 rings (SSSR count). The van der Waals surface area contributed by atoms with Crippen LogP contribution in [0.3, 0.4) is 0 Å². The molecular weight excluding hydrogens is 925 g/mol. The van der Waals surface area contributed by atoms with Gasteiger partial charge in [-0.2, -0.15) is 0 Å². The quantitative estimate of drug-likeness (QED) is 0.0907. The van der Waals surface area contributed by atoms with Crippen molar-refractivity contribution in [3.05, 3.63) is 170 Å². The molecule has 5 aromatic carbocycles. The van der Waals surface area contributed by atoms with Gasteiger partial charge in [-0.1, -0.05) is 0 Å². The van der Waals surface area contributed by atoms with Crippen LogP contribution in [0.5, 0.6) is 0 Å². The molecule has 0 amide bonds. The Morgan fingerprint density at radius 2 is 0.754 bits per heavy atom. The zero-order valence-corrected chi connectivity index (χ0v) is 50.6. The molecule has 1 aliphatic rings. The third-order valence-electron chi connectivity index (χ3n) is 14.8. The summed E-state index contributed by atoms with van der Waals surface area (Å²) in [5.41, 5.74) is 20.6. The van der Waals surface area contributed by atoms with Crippen LogP contribution in [0.2, 0.25) is 0 Å². The first-order valence-electron chi connectivity index (χ1n) is 26.6. The Kier molecular flexibility index (Phi) is 17.8. The van der Waals surface area contributed by atoms with Gasteiger partial charge in [-0.15, -0.1) is 0 Å². The molecule has 0 aromatic heterocycles. The van der Waals surface area contributed by atoms with Crippen molar-refractivity contribution in [2.24, 2.45) is 0 Å². The molecule has 2 radical (unpaired) electrons. The molecule has 0 saturated heterocycles. The SMILES string of the molecule is CC1=C(C)N[C](=[Ge]/[C](=C\[Si](c2ccccc2)(c2c(C(C)C)cc(C(C)C)cc2C(C)C)[Si](c2c(C(C)C)cc(C(C)C)cc2C(C)C)c2c(C(C)C)cc(C(C)C)cc2C(C)C)c2ccccc2)N1. The van der Waals surface area contributed by atoms with Crippen LogP contribution >= 0.6 is 0 Å². The third kappa shape index (κ3) is 11.4. The summed E-state index contributed by atoms with van der Waals surface area (Å²) in [6.07, 6.45) is 0. The average Bonchev–Trinajstić information content (AvgIpc) is 3.62. The Labute approximate surface area is 430 Å². The van der Waals surface area contributed by atoms with Crippen molar-refractivity contribution in [3.63, 3.8) is 0 Å². The van der Waals surface area contributed by atoms with Crippen LogP contribution < -0.4 is 31.4 Å². The minimum atomic E-state index is -3.29. The topological polar surface area (TPSA) is 24.1 Å². The van der Waals surface area contributed by atoms with Gasteiger partial charge in [0.15, 0.2) is 0 Å². The fourth-order valence-electron chi connectivity index (χ4n) is 10.6. The molecule has 0 saturated carbocycles. The van der Waals surface area contributed by atoms with E-state index in [1.54, 1.807) is 48.9 Å². The van der Waals surface area contributed by atoms with Gasteiger partial charge >= 0.3 is 433 Å². The predicted octanol–water partition coefficient (Wildman–Crippen LogP) is 14.6. The standard InChI is InChI=1S/C64H88GeN2Si2/c1-38(2)50-31-54(41(7)8)61(55(32-50)42(9)10)68(62-56(43(11)12)33-51(39(3)4)34-57(62)44(13)14)69(53-29-25-22-26-30-53,63-58(45(15)16)35-52(40(5)6)36-59(63)46(17)18)37-60(49-27-23-21-24-28-49)65-64-66-47(19)48(20)67-64/h21-46,66-67H,1-20H3/b60-37-. The molecule has 2 nitrogen and oxygen atoms in total. The van der Waals surface area contributed by atoms with E-state index < -0.39 is 30.9 Å². The predicted molar refractivity (Wildman–Crippen MR) is 312 cm³/mol. The average molecular weight is 1010 g/mol. The van der Waals surface area contributed by atoms with Gasteiger partial charge in [0.25, 0.3) is 0 Å². The van der Waals surface area contributed by atoms with Gasteiger partial charge in [-0.3, -0.25) is 0 Å². The zero-order chi connectivity index (χ0) is 50.8. The molecule has 1 unspecified atom stereocenters. The summed E-state index contributed by atoms with van der Waals surface area (Å²) >= 11 is -0.909. The first-order chi connectivity index (χ1) is 32.5. The molecule has 5 aromatic rings. The van der Waals surface area contributed by atoms with Gasteiger partial charge in [-0.25, -0.2) is 0 Å². The number of rotatable bonds is 17. The van der Waals surface area contributed by atoms with Crippen molar-refractivity contribution in [3.8, 4) is 0 Å². The van der Waals surface area contributed by atoms with Crippen molar-refractivity contribution in [1.29, 1.82) is 0 Å². The van der Waals surface area contributed by atoms with E-state index in [0.29, 0.717) is 53.3 Å². The molecule has 2 N–H and O–H groups in total. The Hall–Kier alpha value is -3.97. The van der Waals surface area contributed by atoms with Gasteiger partial charge in [0, 0.05) is 0 Å². The van der Waals surface area contributed by atoms with Crippen molar-refractivity contribution in [2.75, 3.05) is 0 Å². The van der Waals surface area contributed by atoms with Crippen LogP contribution in [0, 0.1) is 0 Å². The molecule has 1 atom stereocenters. The van der Waals surface area contributed by atoms with Crippen LogP contribution in [0.15, 0.2) is 114 Å². The van der Waals surface area contributed by atoms with E-state index in [1.165, 1.54) is 47.8 Å². The van der Waals surface area contributed by atoms with Crippen LogP contribution in [-0.2, 0) is 0 Å². The maximum atomic E-state index is 3.89. The molecule has 69 heavy (non-hydrogen) atoms. The van der Waals surface area contributed by atoms with E-state index in [4.69, 9.17) is 0 Å². The van der Waals surface area contributed by atoms with Gasteiger partial charge in [-0.05, 0) is 0 Å². The summed E-state index contributed by atoms with van der Waals surface area (Å²) in [6.45, 7) is 48.8. The zero-order valence-electron chi connectivity index (χ0n) is 46.5. The third-order valence-corrected chi connectivity index (χ3v) is 30.1. The Balaban J connectivity index is 2.13. The number of nitrogens with one attached hydrogen (secondary N) is 2. The summed E-state index contributed by atoms with van der Waals surface area (Å²) in [5, 5.41) is 14.4. The molecule has 5 heteroatoms. The van der Waals surface area contributed by atoms with Crippen LogP contribution in [0.25, 0.3) is 4.41 Å². The molecule has 0 spiro atoms. The van der Waals surface area contributed by atoms with Crippen molar-refractivity contribution < 1.29 is 0 Å². The Morgan fingerprint density at radius 3 is 1.07 bits per heavy atom. The fraction of sp³-hybridized carbons (Fsp3) is 0.453. The van der Waals surface area contributed by atoms with Crippen molar-refractivity contribution >= 4 is 60.6 Å². The number of benzene rings is 5. The van der Waals surface area contributed by atoms with E-state index >= 15 is 0 Å². The normalized spacial score (nSPS) is 14.6. The molecule has 0 bridgehead atoms. The monoisotopic (exact) mass is 1010 g/mol. The summed E-state index contributed by atoms with van der Waals surface area (Å²) in [5.74, 6) is 3.23. The molecule has 366 valence electrons. The molecular formula is C64H88GeN2Si2. The fourth-order valence-corrected chi connectivity index (χ4v) is 31.5. The Bertz CT molecular complexity index is 2500. The van der Waals surface area contributed by atoms with Crippen LogP contribution in [0.4, 0.5) is 0 Å². The molecule has 0 aliphatic carbocycles. The van der Waals surface area contributed by atoms with Gasteiger partial charge in [0.2, 0.25) is 0 Å². The van der Waals surface area contributed by atoms with E-state index in [2.05, 4.69) is 252 Å². The second kappa shape index (κ2) is 22.6. The first-order valence-corrected chi connectivity index (χ1v) is 33.3. The van der Waals surface area contributed by atoms with Crippen LogP contribution in [-0.4, -0.2) is 35.5 Å². The maximum absolute atomic E-state index is 3.89. The molecule has 1 aliphatic heterocycles. The van der Waals surface area contributed by atoms with E-state index in [1.807, 2.05) is 0 Å².